The normalized spacial score (nSPS) is 14.1. The number of hydrogen-bond donors (Lipinski definition) is 3. The summed E-state index contributed by atoms with van der Waals surface area (Å²) in [6.45, 7) is 3.57. The van der Waals surface area contributed by atoms with E-state index in [0.29, 0.717) is 0 Å². The Hall–Kier alpha value is -2.74. The molecule has 1 radical (unpaired) electrons. The van der Waals surface area contributed by atoms with Gasteiger partial charge in [-0.1, -0.05) is 44.2 Å². The molecule has 0 spiro atoms. The van der Waals surface area contributed by atoms with Gasteiger partial charge in [0.25, 0.3) is 0 Å². The summed E-state index contributed by atoms with van der Waals surface area (Å²) >= 11 is 0. The van der Waals surface area contributed by atoms with Crippen LogP contribution >= 0.6 is 0 Å². The van der Waals surface area contributed by atoms with Crippen LogP contribution in [0, 0.1) is 5.92 Å². The Morgan fingerprint density at radius 2 is 1.81 bits per heavy atom. The summed E-state index contributed by atoms with van der Waals surface area (Å²) in [5, 5.41) is 11.3. The molecule has 0 aliphatic rings. The molecule has 0 heterocycles. The summed E-state index contributed by atoms with van der Waals surface area (Å²) in [6, 6.07) is 6.00. The summed E-state index contributed by atoms with van der Waals surface area (Å²) in [6.07, 6.45) is 1.47. The highest BCUT2D eigenvalue weighted by Crippen LogP contribution is 2.12. The maximum absolute atomic E-state index is 12.9. The third-order valence-electron chi connectivity index (χ3n) is 4.15. The van der Waals surface area contributed by atoms with Gasteiger partial charge in [-0.25, -0.2) is 0 Å². The quantitative estimate of drug-likeness (QED) is 0.531. The van der Waals surface area contributed by atoms with Gasteiger partial charge in [0.1, 0.15) is 12.1 Å². The first kappa shape index (κ1) is 22.3. The first-order valence-electron chi connectivity index (χ1n) is 8.63. The predicted molar refractivity (Wildman–Crippen MR) is 99.4 cm³/mol. The molecule has 8 heteroatoms. The molecule has 0 unspecified atom stereocenters. The van der Waals surface area contributed by atoms with Crippen LogP contribution in [0.5, 0.6) is 0 Å². The highest BCUT2D eigenvalue weighted by molar-refractivity contribution is 5.92. The van der Waals surface area contributed by atoms with E-state index in [1.807, 2.05) is 12.4 Å². The Labute approximate surface area is 158 Å². The maximum atomic E-state index is 12.9. The molecule has 0 saturated carbocycles. The Bertz CT molecular complexity index is 663. The van der Waals surface area contributed by atoms with E-state index in [-0.39, 0.29) is 12.3 Å². The molecule has 2 amide bonds. The fraction of sp³-hybridized carbons (Fsp3) is 0.474. The van der Waals surface area contributed by atoms with Crippen LogP contribution in [0.2, 0.25) is 0 Å². The van der Waals surface area contributed by atoms with Crippen LogP contribution in [0.3, 0.4) is 0 Å². The second kappa shape index (κ2) is 10.4. The van der Waals surface area contributed by atoms with Crippen molar-refractivity contribution in [2.75, 3.05) is 7.05 Å². The molecule has 1 rings (SSSR count). The molecule has 0 aliphatic carbocycles. The van der Waals surface area contributed by atoms with Crippen LogP contribution in [0.4, 0.5) is 0 Å². The molecule has 0 aromatic heterocycles. The summed E-state index contributed by atoms with van der Waals surface area (Å²) in [7, 11) is 1.47. The number of hydrogen-bond acceptors (Lipinski definition) is 5. The standard InChI is InChI=1S/C19H26N3O5/c1-12(2)16(11-23)22(3)19(27)15(9-13-7-5-4-6-8-13)21-18(26)14(20)10-17(24)25/h4-8,12,14-16H,9-10,20H2,1-3H3,(H,21,26)(H,24,25)/t14-,15+,16+/m0/s1. The number of aliphatic carboxylic acids is 1. The van der Waals surface area contributed by atoms with E-state index in [9.17, 15) is 19.2 Å². The third kappa shape index (κ3) is 6.82. The summed E-state index contributed by atoms with van der Waals surface area (Å²) < 4.78 is 0. The van der Waals surface area contributed by atoms with E-state index in [4.69, 9.17) is 10.8 Å². The molecule has 147 valence electrons. The van der Waals surface area contributed by atoms with Crippen LogP contribution in [0.15, 0.2) is 30.3 Å². The van der Waals surface area contributed by atoms with Crippen molar-refractivity contribution in [2.24, 2.45) is 11.7 Å². The van der Waals surface area contributed by atoms with Crippen LogP contribution in [0.1, 0.15) is 25.8 Å². The molecule has 1 aromatic rings. The van der Waals surface area contributed by atoms with Crippen LogP contribution < -0.4 is 11.1 Å². The van der Waals surface area contributed by atoms with Gasteiger partial charge in [-0.05, 0) is 11.5 Å². The number of carboxylic acid groups (broad SMARTS) is 1. The van der Waals surface area contributed by atoms with Crippen molar-refractivity contribution in [3.63, 3.8) is 0 Å². The number of carboxylic acids is 1. The SMILES string of the molecule is CC(C)[C@@H]([C]=O)N(C)C(=O)[C@@H](Cc1ccccc1)NC(=O)[C@@H](N)CC(=O)O. The van der Waals surface area contributed by atoms with E-state index in [1.54, 1.807) is 38.1 Å². The summed E-state index contributed by atoms with van der Waals surface area (Å²) in [5.74, 6) is -2.58. The number of nitrogens with zero attached hydrogens (tertiary/aromatic N) is 1. The third-order valence-corrected chi connectivity index (χ3v) is 4.15. The average molecular weight is 376 g/mol. The number of benzene rings is 1. The molecule has 4 N–H and O–H groups in total. The van der Waals surface area contributed by atoms with Crippen molar-refractivity contribution in [2.45, 2.75) is 44.8 Å². The van der Waals surface area contributed by atoms with Crippen molar-refractivity contribution >= 4 is 24.1 Å². The number of carbonyl (C=O) groups is 3. The minimum Gasteiger partial charge on any atom is -0.481 e. The van der Waals surface area contributed by atoms with Crippen LogP contribution in [-0.2, 0) is 25.6 Å². The van der Waals surface area contributed by atoms with Crippen molar-refractivity contribution in [3.8, 4) is 0 Å². The Balaban J connectivity index is 3.02. The first-order valence-corrected chi connectivity index (χ1v) is 8.63. The smallest absolute Gasteiger partial charge is 0.305 e. The second-order valence-corrected chi connectivity index (χ2v) is 6.71. The van der Waals surface area contributed by atoms with Gasteiger partial charge in [0, 0.05) is 13.5 Å². The van der Waals surface area contributed by atoms with Gasteiger partial charge in [-0.2, -0.15) is 0 Å². The monoisotopic (exact) mass is 376 g/mol. The van der Waals surface area contributed by atoms with E-state index in [0.717, 1.165) is 5.56 Å². The Morgan fingerprint density at radius 1 is 1.22 bits per heavy atom. The summed E-state index contributed by atoms with van der Waals surface area (Å²) in [4.78, 5) is 48.4. The van der Waals surface area contributed by atoms with E-state index >= 15 is 0 Å². The lowest BCUT2D eigenvalue weighted by atomic mass is 10.0. The maximum Gasteiger partial charge on any atom is 0.305 e. The number of rotatable bonds is 10. The largest absolute Gasteiger partial charge is 0.481 e. The fourth-order valence-electron chi connectivity index (χ4n) is 2.65. The zero-order valence-corrected chi connectivity index (χ0v) is 15.7. The highest BCUT2D eigenvalue weighted by Gasteiger charge is 2.31. The molecule has 0 bridgehead atoms. The number of nitrogens with two attached hydrogens (primary N) is 1. The Kier molecular flexibility index (Phi) is 8.61. The predicted octanol–water partition coefficient (Wildman–Crippen LogP) is 0.109. The van der Waals surface area contributed by atoms with Crippen molar-refractivity contribution in [3.05, 3.63) is 35.9 Å². The fourth-order valence-corrected chi connectivity index (χ4v) is 2.65. The lowest BCUT2D eigenvalue weighted by Gasteiger charge is -2.30. The molecule has 3 atom stereocenters. The van der Waals surface area contributed by atoms with Crippen LogP contribution in [0.25, 0.3) is 0 Å². The number of likely N-dealkylation sites (N-methyl/N-ethyl adjacent to an activating group) is 1. The van der Waals surface area contributed by atoms with Gasteiger partial charge in [0.2, 0.25) is 18.1 Å². The molecule has 1 aromatic carbocycles. The van der Waals surface area contributed by atoms with E-state index < -0.39 is 42.3 Å². The molecular weight excluding hydrogens is 350 g/mol. The van der Waals surface area contributed by atoms with Gasteiger partial charge < -0.3 is 21.1 Å². The first-order chi connectivity index (χ1) is 12.7. The van der Waals surface area contributed by atoms with Gasteiger partial charge >= 0.3 is 5.97 Å². The lowest BCUT2D eigenvalue weighted by Crippen LogP contribution is -2.55. The molecule has 8 nitrogen and oxygen atoms in total. The van der Waals surface area contributed by atoms with E-state index in [2.05, 4.69) is 5.32 Å². The van der Waals surface area contributed by atoms with Gasteiger partial charge in [-0.15, -0.1) is 0 Å². The molecule has 0 aliphatic heterocycles. The minimum absolute atomic E-state index is 0.154. The number of amides is 2. The second-order valence-electron chi connectivity index (χ2n) is 6.71. The molecule has 27 heavy (non-hydrogen) atoms. The summed E-state index contributed by atoms with van der Waals surface area (Å²) in [5.41, 5.74) is 6.39. The number of nitrogens with one attached hydrogen (secondary N) is 1. The molecule has 0 saturated heterocycles. The Morgan fingerprint density at radius 3 is 2.30 bits per heavy atom. The van der Waals surface area contributed by atoms with Gasteiger partial charge in [-0.3, -0.25) is 19.2 Å². The average Bonchev–Trinajstić information content (AvgIpc) is 2.60. The van der Waals surface area contributed by atoms with Crippen molar-refractivity contribution in [1.29, 1.82) is 0 Å². The van der Waals surface area contributed by atoms with E-state index in [1.165, 1.54) is 11.9 Å². The lowest BCUT2D eigenvalue weighted by molar-refractivity contribution is -0.140. The minimum atomic E-state index is -1.28. The van der Waals surface area contributed by atoms with Gasteiger partial charge in [0.15, 0.2) is 0 Å². The zero-order valence-electron chi connectivity index (χ0n) is 15.7. The van der Waals surface area contributed by atoms with Crippen molar-refractivity contribution in [1.82, 2.24) is 10.2 Å². The zero-order chi connectivity index (χ0) is 20.6. The number of carbonyl (C=O) groups excluding carboxylic acids is 3. The topological polar surface area (TPSA) is 130 Å². The highest BCUT2D eigenvalue weighted by atomic mass is 16.4. The molecular formula is C19H26N3O5. The van der Waals surface area contributed by atoms with Gasteiger partial charge in [0.05, 0.1) is 12.5 Å². The molecule has 0 fully saturated rings. The van der Waals surface area contributed by atoms with Crippen molar-refractivity contribution < 1.29 is 24.3 Å². The van der Waals surface area contributed by atoms with Crippen LogP contribution in [-0.4, -0.2) is 59.2 Å².